The first-order chi connectivity index (χ1) is 13.6. The number of benzene rings is 3. The van der Waals surface area contributed by atoms with Gasteiger partial charge in [0.2, 0.25) is 0 Å². The molecule has 0 radical (unpaired) electrons. The first-order valence-corrected chi connectivity index (χ1v) is 10.3. The fraction of sp³-hybridized carbons (Fsp3) is 0.0435. The van der Waals surface area contributed by atoms with E-state index in [9.17, 15) is 0 Å². The predicted molar refractivity (Wildman–Crippen MR) is 121 cm³/mol. The van der Waals surface area contributed by atoms with E-state index in [1.165, 1.54) is 16.9 Å². The van der Waals surface area contributed by atoms with Crippen LogP contribution in [0.15, 0.2) is 83.9 Å². The summed E-state index contributed by atoms with van der Waals surface area (Å²) in [5, 5.41) is 2.80. The fourth-order valence-corrected chi connectivity index (χ4v) is 4.09. The maximum Gasteiger partial charge on any atom is 0.146 e. The van der Waals surface area contributed by atoms with E-state index in [1.807, 2.05) is 85.8 Å². The molecule has 0 aliphatic carbocycles. The molecule has 0 aliphatic heterocycles. The van der Waals surface area contributed by atoms with Crippen molar-refractivity contribution in [3.8, 4) is 21.8 Å². The molecule has 1 heterocycles. The van der Waals surface area contributed by atoms with Gasteiger partial charge in [0, 0.05) is 21.7 Å². The Morgan fingerprint density at radius 2 is 1.54 bits per heavy atom. The van der Waals surface area contributed by atoms with Crippen LogP contribution >= 0.6 is 34.5 Å². The van der Waals surface area contributed by atoms with Crippen LogP contribution in [0, 0.1) is 6.92 Å². The number of hydrogen-bond donors (Lipinski definition) is 0. The quantitative estimate of drug-likeness (QED) is 0.308. The zero-order valence-electron chi connectivity index (χ0n) is 15.1. The average Bonchev–Trinajstić information content (AvgIpc) is 3.13. The number of aliphatic imine (C=N–C) groups is 1. The van der Waals surface area contributed by atoms with Gasteiger partial charge in [-0.25, -0.2) is 9.98 Å². The third-order valence-electron chi connectivity index (χ3n) is 4.24. The van der Waals surface area contributed by atoms with Crippen LogP contribution in [0.25, 0.3) is 21.8 Å². The Kier molecular flexibility index (Phi) is 5.58. The van der Waals surface area contributed by atoms with Gasteiger partial charge in [-0.05, 0) is 19.1 Å². The summed E-state index contributed by atoms with van der Waals surface area (Å²) in [5.41, 5.74) is 4.89. The number of halogens is 2. The molecule has 5 heteroatoms. The summed E-state index contributed by atoms with van der Waals surface area (Å²) in [5.74, 6) is 0. The molecule has 0 spiro atoms. The molecule has 138 valence electrons. The molecule has 0 saturated heterocycles. The minimum Gasteiger partial charge on any atom is -0.234 e. The van der Waals surface area contributed by atoms with Crippen molar-refractivity contribution in [1.29, 1.82) is 0 Å². The summed E-state index contributed by atoms with van der Waals surface area (Å²) in [4.78, 5) is 9.56. The van der Waals surface area contributed by atoms with Gasteiger partial charge < -0.3 is 0 Å². The molecule has 4 aromatic rings. The average molecular weight is 423 g/mol. The molecule has 28 heavy (non-hydrogen) atoms. The maximum absolute atomic E-state index is 6.54. The molecule has 2 nitrogen and oxygen atoms in total. The number of thiazole rings is 1. The summed E-state index contributed by atoms with van der Waals surface area (Å²) in [7, 11) is 0. The molecule has 0 atom stereocenters. The zero-order valence-corrected chi connectivity index (χ0v) is 17.4. The lowest BCUT2D eigenvalue weighted by Gasteiger charge is -2.01. The van der Waals surface area contributed by atoms with E-state index in [1.54, 1.807) is 0 Å². The summed E-state index contributed by atoms with van der Waals surface area (Å²) in [6, 6.07) is 25.7. The van der Waals surface area contributed by atoms with E-state index in [0.717, 1.165) is 32.4 Å². The van der Waals surface area contributed by atoms with E-state index in [0.29, 0.717) is 10.2 Å². The molecule has 0 amide bonds. The maximum atomic E-state index is 6.54. The molecule has 3 aromatic carbocycles. The molecule has 1 aromatic heterocycles. The van der Waals surface area contributed by atoms with Gasteiger partial charge in [0.05, 0.1) is 0 Å². The third kappa shape index (κ3) is 4.17. The van der Waals surface area contributed by atoms with Crippen LogP contribution in [0.1, 0.15) is 11.1 Å². The van der Waals surface area contributed by atoms with Crippen LogP contribution in [0.2, 0.25) is 5.02 Å². The molecule has 0 unspecified atom stereocenters. The monoisotopic (exact) mass is 422 g/mol. The highest BCUT2D eigenvalue weighted by Gasteiger charge is 2.15. The van der Waals surface area contributed by atoms with Gasteiger partial charge in [-0.1, -0.05) is 107 Å². The van der Waals surface area contributed by atoms with Gasteiger partial charge in [0.1, 0.15) is 20.9 Å². The number of aryl methyl sites for hydroxylation is 1. The summed E-state index contributed by atoms with van der Waals surface area (Å²) >= 11 is 14.1. The van der Waals surface area contributed by atoms with Crippen molar-refractivity contribution in [2.24, 2.45) is 4.99 Å². The van der Waals surface area contributed by atoms with Crippen molar-refractivity contribution < 1.29 is 0 Å². The van der Waals surface area contributed by atoms with Gasteiger partial charge >= 0.3 is 0 Å². The normalized spacial score (nSPS) is 11.6. The second kappa shape index (κ2) is 8.27. The lowest BCUT2D eigenvalue weighted by atomic mass is 10.1. The second-order valence-corrected chi connectivity index (χ2v) is 8.09. The highest BCUT2D eigenvalue weighted by Crippen LogP contribution is 2.40. The molecular weight excluding hydrogens is 407 g/mol. The van der Waals surface area contributed by atoms with Crippen molar-refractivity contribution in [3.63, 3.8) is 0 Å². The van der Waals surface area contributed by atoms with Crippen molar-refractivity contribution in [3.05, 3.63) is 95.0 Å². The van der Waals surface area contributed by atoms with Crippen molar-refractivity contribution in [2.75, 3.05) is 0 Å². The second-order valence-electron chi connectivity index (χ2n) is 6.31. The number of aromatic nitrogens is 1. The Hall–Kier alpha value is -2.46. The Morgan fingerprint density at radius 1 is 0.857 bits per heavy atom. The van der Waals surface area contributed by atoms with Crippen LogP contribution in [0.3, 0.4) is 0 Å². The van der Waals surface area contributed by atoms with Crippen molar-refractivity contribution in [2.45, 2.75) is 6.92 Å². The van der Waals surface area contributed by atoms with E-state index < -0.39 is 0 Å². The Morgan fingerprint density at radius 3 is 2.21 bits per heavy atom. The summed E-state index contributed by atoms with van der Waals surface area (Å²) in [6.07, 6.45) is 0. The van der Waals surface area contributed by atoms with Crippen molar-refractivity contribution in [1.82, 2.24) is 4.98 Å². The molecule has 0 saturated carbocycles. The minimum absolute atomic E-state index is 0.448. The van der Waals surface area contributed by atoms with Gasteiger partial charge in [-0.15, -0.1) is 0 Å². The highest BCUT2D eigenvalue weighted by atomic mass is 35.5. The molecule has 0 aliphatic rings. The zero-order chi connectivity index (χ0) is 19.5. The van der Waals surface area contributed by atoms with Crippen LogP contribution in [-0.4, -0.2) is 10.2 Å². The standard InChI is InChI=1S/C23H16Cl2N2S/c1-15-7-9-17(10-8-15)21(25)27-23-20(16-5-3-2-4-6-16)26-22(28-23)18-11-13-19(24)14-12-18/h2-14H,1H3. The van der Waals surface area contributed by atoms with E-state index in [4.69, 9.17) is 33.2 Å². The molecular formula is C23H16Cl2N2S. The van der Waals surface area contributed by atoms with Gasteiger partial charge in [-0.3, -0.25) is 0 Å². The van der Waals surface area contributed by atoms with Crippen LogP contribution in [0.4, 0.5) is 5.00 Å². The van der Waals surface area contributed by atoms with E-state index in [-0.39, 0.29) is 0 Å². The highest BCUT2D eigenvalue weighted by molar-refractivity contribution is 7.19. The molecule has 0 N–H and O–H groups in total. The largest absolute Gasteiger partial charge is 0.234 e. The van der Waals surface area contributed by atoms with E-state index in [2.05, 4.69) is 0 Å². The van der Waals surface area contributed by atoms with Crippen LogP contribution in [-0.2, 0) is 0 Å². The first-order valence-electron chi connectivity index (χ1n) is 8.73. The first kappa shape index (κ1) is 18.9. The summed E-state index contributed by atoms with van der Waals surface area (Å²) in [6.45, 7) is 2.05. The Bertz CT molecular complexity index is 1120. The third-order valence-corrected chi connectivity index (χ3v) is 5.79. The minimum atomic E-state index is 0.448. The molecule has 4 rings (SSSR count). The summed E-state index contributed by atoms with van der Waals surface area (Å²) < 4.78 is 0. The van der Waals surface area contributed by atoms with Crippen LogP contribution in [0.5, 0.6) is 0 Å². The van der Waals surface area contributed by atoms with Gasteiger partial charge in [0.15, 0.2) is 0 Å². The number of hydrogen-bond acceptors (Lipinski definition) is 3. The topological polar surface area (TPSA) is 25.2 Å². The van der Waals surface area contributed by atoms with Gasteiger partial charge in [-0.2, -0.15) is 0 Å². The SMILES string of the molecule is Cc1ccc(C(Cl)=Nc2sc(-c3ccc(Cl)cc3)nc2-c2ccccc2)cc1. The number of rotatable bonds is 4. The lowest BCUT2D eigenvalue weighted by Crippen LogP contribution is -1.90. The van der Waals surface area contributed by atoms with E-state index >= 15 is 0 Å². The molecule has 0 bridgehead atoms. The predicted octanol–water partition coefficient (Wildman–Crippen LogP) is 7.76. The molecule has 0 fully saturated rings. The van der Waals surface area contributed by atoms with Gasteiger partial charge in [0.25, 0.3) is 0 Å². The van der Waals surface area contributed by atoms with Crippen LogP contribution < -0.4 is 0 Å². The fourth-order valence-electron chi connectivity index (χ4n) is 2.73. The smallest absolute Gasteiger partial charge is 0.146 e. The van der Waals surface area contributed by atoms with Crippen molar-refractivity contribution >= 4 is 44.7 Å². The Balaban J connectivity index is 1.81. The Labute approximate surface area is 178 Å². The lowest BCUT2D eigenvalue weighted by molar-refractivity contribution is 1.39. The number of nitrogens with zero attached hydrogens (tertiary/aromatic N) is 2.